The molecule has 0 saturated carbocycles. The standard InChI is InChI=1S/C24H29FN4O/c1-6-28(16(2)3)21-13-9-20(10-14-21)26-24(30)15-23-17(4)27-29(18(23)5)22-11-7-19(25)8-12-22/h7-14,16H,6,15H2,1-5H3,(H,26,30). The Morgan fingerprint density at radius 1 is 1.10 bits per heavy atom. The number of nitrogens with zero attached hydrogens (tertiary/aromatic N) is 3. The van der Waals surface area contributed by atoms with Crippen molar-refractivity contribution < 1.29 is 9.18 Å². The van der Waals surface area contributed by atoms with Gasteiger partial charge in [0.1, 0.15) is 5.82 Å². The second kappa shape index (κ2) is 9.11. The highest BCUT2D eigenvalue weighted by molar-refractivity contribution is 5.92. The third kappa shape index (κ3) is 4.70. The number of aryl methyl sites for hydroxylation is 1. The minimum Gasteiger partial charge on any atom is -0.369 e. The predicted molar refractivity (Wildman–Crippen MR) is 120 cm³/mol. The van der Waals surface area contributed by atoms with Crippen LogP contribution in [0, 0.1) is 19.7 Å². The van der Waals surface area contributed by atoms with Gasteiger partial charge in [-0.25, -0.2) is 9.07 Å². The molecule has 1 amide bonds. The largest absolute Gasteiger partial charge is 0.369 e. The summed E-state index contributed by atoms with van der Waals surface area (Å²) in [6.07, 6.45) is 0.230. The van der Waals surface area contributed by atoms with Crippen LogP contribution in [0.5, 0.6) is 0 Å². The molecule has 1 heterocycles. The molecule has 6 heteroatoms. The van der Waals surface area contributed by atoms with Gasteiger partial charge in [-0.2, -0.15) is 5.10 Å². The molecule has 0 saturated heterocycles. The van der Waals surface area contributed by atoms with Gasteiger partial charge in [0.15, 0.2) is 0 Å². The van der Waals surface area contributed by atoms with Crippen LogP contribution < -0.4 is 10.2 Å². The summed E-state index contributed by atoms with van der Waals surface area (Å²) >= 11 is 0. The first-order valence-electron chi connectivity index (χ1n) is 10.3. The van der Waals surface area contributed by atoms with Crippen molar-refractivity contribution >= 4 is 17.3 Å². The van der Waals surface area contributed by atoms with E-state index in [0.717, 1.165) is 40.6 Å². The molecule has 5 nitrogen and oxygen atoms in total. The number of benzene rings is 2. The van der Waals surface area contributed by atoms with E-state index in [1.165, 1.54) is 12.1 Å². The maximum Gasteiger partial charge on any atom is 0.228 e. The van der Waals surface area contributed by atoms with Gasteiger partial charge in [0, 0.05) is 35.2 Å². The minimum absolute atomic E-state index is 0.0937. The van der Waals surface area contributed by atoms with Crippen molar-refractivity contribution in [1.82, 2.24) is 9.78 Å². The molecule has 0 spiro atoms. The number of hydrogen-bond donors (Lipinski definition) is 1. The fourth-order valence-electron chi connectivity index (χ4n) is 3.71. The highest BCUT2D eigenvalue weighted by Crippen LogP contribution is 2.22. The van der Waals surface area contributed by atoms with Crippen LogP contribution in [0.4, 0.5) is 15.8 Å². The Labute approximate surface area is 177 Å². The highest BCUT2D eigenvalue weighted by Gasteiger charge is 2.16. The Bertz CT molecular complexity index is 1010. The smallest absolute Gasteiger partial charge is 0.228 e. The molecule has 3 aromatic rings. The lowest BCUT2D eigenvalue weighted by Crippen LogP contribution is -2.30. The summed E-state index contributed by atoms with van der Waals surface area (Å²) in [7, 11) is 0. The predicted octanol–water partition coefficient (Wildman–Crippen LogP) is 5.04. The fourth-order valence-corrected chi connectivity index (χ4v) is 3.71. The van der Waals surface area contributed by atoms with Crippen molar-refractivity contribution in [2.45, 2.75) is 47.1 Å². The lowest BCUT2D eigenvalue weighted by molar-refractivity contribution is -0.115. The van der Waals surface area contributed by atoms with Gasteiger partial charge in [-0.3, -0.25) is 4.79 Å². The Morgan fingerprint density at radius 2 is 1.73 bits per heavy atom. The molecule has 0 unspecified atom stereocenters. The summed E-state index contributed by atoms with van der Waals surface area (Å²) in [4.78, 5) is 14.9. The highest BCUT2D eigenvalue weighted by atomic mass is 19.1. The molecule has 0 bridgehead atoms. The Hall–Kier alpha value is -3.15. The molecular weight excluding hydrogens is 379 g/mol. The first-order chi connectivity index (χ1) is 14.3. The average molecular weight is 409 g/mol. The summed E-state index contributed by atoms with van der Waals surface area (Å²) in [5.74, 6) is -0.384. The third-order valence-electron chi connectivity index (χ3n) is 5.30. The van der Waals surface area contributed by atoms with Crippen LogP contribution in [0.15, 0.2) is 48.5 Å². The van der Waals surface area contributed by atoms with Crippen LogP contribution >= 0.6 is 0 Å². The first kappa shape index (κ1) is 21.6. The molecular formula is C24H29FN4O. The van der Waals surface area contributed by atoms with E-state index in [4.69, 9.17) is 0 Å². The summed E-state index contributed by atoms with van der Waals surface area (Å²) < 4.78 is 15.0. The second-order valence-electron chi connectivity index (χ2n) is 7.69. The number of halogens is 1. The number of carbonyl (C=O) groups is 1. The molecule has 0 aliphatic rings. The van der Waals surface area contributed by atoms with E-state index in [1.807, 2.05) is 38.1 Å². The Kier molecular flexibility index (Phi) is 6.55. The molecule has 158 valence electrons. The average Bonchev–Trinajstić information content (AvgIpc) is 2.98. The van der Waals surface area contributed by atoms with Crippen LogP contribution in [0.1, 0.15) is 37.7 Å². The Balaban J connectivity index is 1.71. The number of amides is 1. The number of anilines is 2. The topological polar surface area (TPSA) is 50.2 Å². The van der Waals surface area contributed by atoms with Crippen LogP contribution in [-0.2, 0) is 11.2 Å². The molecule has 3 rings (SSSR count). The van der Waals surface area contributed by atoms with E-state index in [9.17, 15) is 9.18 Å². The summed E-state index contributed by atoms with van der Waals surface area (Å²) in [5.41, 5.74) is 5.22. The van der Waals surface area contributed by atoms with Crippen molar-refractivity contribution in [1.29, 1.82) is 0 Å². The van der Waals surface area contributed by atoms with Gasteiger partial charge in [0.2, 0.25) is 5.91 Å². The number of nitrogens with one attached hydrogen (secondary N) is 1. The number of aromatic nitrogens is 2. The monoisotopic (exact) mass is 408 g/mol. The summed E-state index contributed by atoms with van der Waals surface area (Å²) in [5, 5.41) is 7.51. The second-order valence-corrected chi connectivity index (χ2v) is 7.69. The molecule has 0 fully saturated rings. The van der Waals surface area contributed by atoms with Gasteiger partial charge in [-0.05, 0) is 83.1 Å². The molecule has 0 aliphatic carbocycles. The minimum atomic E-state index is -0.290. The molecule has 1 N–H and O–H groups in total. The first-order valence-corrected chi connectivity index (χ1v) is 10.3. The van der Waals surface area contributed by atoms with Crippen molar-refractivity contribution in [3.8, 4) is 5.69 Å². The summed E-state index contributed by atoms with van der Waals surface area (Å²) in [6, 6.07) is 14.5. The SMILES string of the molecule is CCN(c1ccc(NC(=O)Cc2c(C)nn(-c3ccc(F)cc3)c2C)cc1)C(C)C. The van der Waals surface area contributed by atoms with Gasteiger partial charge in [-0.1, -0.05) is 0 Å². The van der Waals surface area contributed by atoms with Crippen molar-refractivity contribution in [2.75, 3.05) is 16.8 Å². The van der Waals surface area contributed by atoms with E-state index >= 15 is 0 Å². The summed E-state index contributed by atoms with van der Waals surface area (Å²) in [6.45, 7) is 11.2. The zero-order valence-corrected chi connectivity index (χ0v) is 18.2. The zero-order valence-electron chi connectivity index (χ0n) is 18.2. The maximum absolute atomic E-state index is 13.2. The number of carbonyl (C=O) groups excluding carboxylic acids is 1. The van der Waals surface area contributed by atoms with Gasteiger partial charge < -0.3 is 10.2 Å². The van der Waals surface area contributed by atoms with Crippen molar-refractivity contribution in [3.05, 3.63) is 71.3 Å². The van der Waals surface area contributed by atoms with Gasteiger partial charge >= 0.3 is 0 Å². The zero-order chi connectivity index (χ0) is 21.8. The van der Waals surface area contributed by atoms with Gasteiger partial charge in [-0.15, -0.1) is 0 Å². The Morgan fingerprint density at radius 3 is 2.30 bits per heavy atom. The lowest BCUT2D eigenvalue weighted by Gasteiger charge is -2.27. The van der Waals surface area contributed by atoms with Crippen LogP contribution in [0.2, 0.25) is 0 Å². The van der Waals surface area contributed by atoms with E-state index in [0.29, 0.717) is 6.04 Å². The quantitative estimate of drug-likeness (QED) is 0.596. The van der Waals surface area contributed by atoms with E-state index in [1.54, 1.807) is 16.8 Å². The number of hydrogen-bond acceptors (Lipinski definition) is 3. The van der Waals surface area contributed by atoms with Crippen LogP contribution in [0.25, 0.3) is 5.69 Å². The maximum atomic E-state index is 13.2. The molecule has 1 aromatic heterocycles. The third-order valence-corrected chi connectivity index (χ3v) is 5.30. The molecule has 0 aliphatic heterocycles. The van der Waals surface area contributed by atoms with Crippen LogP contribution in [-0.4, -0.2) is 28.3 Å². The van der Waals surface area contributed by atoms with E-state index in [2.05, 4.69) is 36.1 Å². The van der Waals surface area contributed by atoms with Crippen molar-refractivity contribution in [3.63, 3.8) is 0 Å². The molecule has 30 heavy (non-hydrogen) atoms. The lowest BCUT2D eigenvalue weighted by atomic mass is 10.1. The van der Waals surface area contributed by atoms with E-state index < -0.39 is 0 Å². The number of rotatable bonds is 7. The van der Waals surface area contributed by atoms with Crippen molar-refractivity contribution in [2.24, 2.45) is 0 Å². The molecule has 0 radical (unpaired) electrons. The normalized spacial score (nSPS) is 11.0. The van der Waals surface area contributed by atoms with E-state index in [-0.39, 0.29) is 18.1 Å². The van der Waals surface area contributed by atoms with Gasteiger partial charge in [0.05, 0.1) is 17.8 Å². The molecule has 0 atom stereocenters. The fraction of sp³-hybridized carbons (Fsp3) is 0.333. The van der Waals surface area contributed by atoms with Gasteiger partial charge in [0.25, 0.3) is 0 Å². The molecule has 2 aromatic carbocycles. The van der Waals surface area contributed by atoms with Crippen LogP contribution in [0.3, 0.4) is 0 Å².